The molecule has 27 heavy (non-hydrogen) atoms. The van der Waals surface area contributed by atoms with E-state index in [0.717, 1.165) is 18.4 Å². The molecular weight excluding hydrogens is 386 g/mol. The molecule has 0 aromatic heterocycles. The van der Waals surface area contributed by atoms with E-state index in [9.17, 15) is 13.2 Å². The number of carbonyl (C=O) groups excluding carboxylic acids is 1. The number of amides is 1. The fourth-order valence-corrected chi connectivity index (χ4v) is 4.65. The third-order valence-electron chi connectivity index (χ3n) is 4.45. The first-order valence-electron chi connectivity index (χ1n) is 8.76. The average molecular weight is 408 g/mol. The van der Waals surface area contributed by atoms with E-state index in [1.807, 2.05) is 13.0 Å². The number of nitrogens with zero attached hydrogens (tertiary/aromatic N) is 1. The van der Waals surface area contributed by atoms with Crippen molar-refractivity contribution < 1.29 is 13.2 Å². The molecule has 6 nitrogen and oxygen atoms in total. The van der Waals surface area contributed by atoms with Crippen LogP contribution in [0.3, 0.4) is 0 Å². The zero-order valence-corrected chi connectivity index (χ0v) is 16.6. The topological polar surface area (TPSA) is 78.5 Å². The maximum Gasteiger partial charge on any atom is 0.243 e. The molecule has 1 heterocycles. The van der Waals surface area contributed by atoms with Gasteiger partial charge in [0.1, 0.15) is 0 Å². The predicted molar refractivity (Wildman–Crippen MR) is 108 cm³/mol. The molecule has 0 aliphatic carbocycles. The van der Waals surface area contributed by atoms with Crippen molar-refractivity contribution in [1.29, 1.82) is 0 Å². The maximum absolute atomic E-state index is 12.6. The summed E-state index contributed by atoms with van der Waals surface area (Å²) in [7, 11) is -3.48. The summed E-state index contributed by atoms with van der Waals surface area (Å²) in [5.74, 6) is -0.247. The number of carbonyl (C=O) groups is 1. The molecule has 2 aromatic carbocycles. The molecule has 2 aromatic rings. The van der Waals surface area contributed by atoms with E-state index >= 15 is 0 Å². The third-order valence-corrected chi connectivity index (χ3v) is 6.75. The Labute approximate surface area is 164 Å². The first-order chi connectivity index (χ1) is 12.9. The lowest BCUT2D eigenvalue weighted by atomic mass is 10.2. The van der Waals surface area contributed by atoms with Crippen LogP contribution in [-0.2, 0) is 14.8 Å². The molecular formula is C19H22ClN3O3S. The number of aryl methyl sites for hydroxylation is 1. The molecule has 1 saturated heterocycles. The number of sulfonamides is 1. The Bertz CT molecular complexity index is 941. The van der Waals surface area contributed by atoms with Gasteiger partial charge >= 0.3 is 0 Å². The first kappa shape index (κ1) is 19.7. The lowest BCUT2D eigenvalue weighted by molar-refractivity contribution is -0.114. The van der Waals surface area contributed by atoms with Crippen molar-refractivity contribution in [3.8, 4) is 0 Å². The van der Waals surface area contributed by atoms with Gasteiger partial charge in [0.15, 0.2) is 0 Å². The summed E-state index contributed by atoms with van der Waals surface area (Å²) in [6.07, 6.45) is 1.78. The fraction of sp³-hybridized carbons (Fsp3) is 0.316. The van der Waals surface area contributed by atoms with E-state index in [1.54, 1.807) is 36.4 Å². The van der Waals surface area contributed by atoms with E-state index in [4.69, 9.17) is 11.6 Å². The Hall–Kier alpha value is -2.09. The Morgan fingerprint density at radius 1 is 1.11 bits per heavy atom. The van der Waals surface area contributed by atoms with Crippen LogP contribution in [-0.4, -0.2) is 38.3 Å². The molecule has 3 rings (SSSR count). The van der Waals surface area contributed by atoms with Crippen molar-refractivity contribution in [3.63, 3.8) is 0 Å². The van der Waals surface area contributed by atoms with Gasteiger partial charge in [-0.3, -0.25) is 4.79 Å². The number of halogens is 1. The second-order valence-electron chi connectivity index (χ2n) is 6.50. The van der Waals surface area contributed by atoms with Gasteiger partial charge in [-0.2, -0.15) is 4.31 Å². The van der Waals surface area contributed by atoms with Crippen molar-refractivity contribution in [2.45, 2.75) is 24.7 Å². The monoisotopic (exact) mass is 407 g/mol. The molecule has 144 valence electrons. The molecule has 0 spiro atoms. The summed E-state index contributed by atoms with van der Waals surface area (Å²) in [5.41, 5.74) is 2.12. The van der Waals surface area contributed by atoms with Crippen molar-refractivity contribution >= 4 is 38.9 Å². The van der Waals surface area contributed by atoms with Crippen LogP contribution in [0.1, 0.15) is 18.4 Å². The quantitative estimate of drug-likeness (QED) is 0.768. The van der Waals surface area contributed by atoms with Crippen molar-refractivity contribution in [1.82, 2.24) is 4.31 Å². The lowest BCUT2D eigenvalue weighted by Gasteiger charge is -2.16. The minimum absolute atomic E-state index is 0.0126. The zero-order chi connectivity index (χ0) is 19.4. The number of nitrogens with one attached hydrogen (secondary N) is 2. The molecule has 0 unspecified atom stereocenters. The fourth-order valence-electron chi connectivity index (χ4n) is 2.90. The molecule has 1 aliphatic rings. The Balaban J connectivity index is 1.62. The molecule has 0 bridgehead atoms. The predicted octanol–water partition coefficient (Wildman–Crippen LogP) is 3.48. The first-order valence-corrected chi connectivity index (χ1v) is 10.6. The van der Waals surface area contributed by atoms with Crippen molar-refractivity contribution in [2.24, 2.45) is 0 Å². The normalized spacial score (nSPS) is 14.9. The van der Waals surface area contributed by atoms with Gasteiger partial charge in [-0.25, -0.2) is 8.42 Å². The highest BCUT2D eigenvalue weighted by Gasteiger charge is 2.27. The zero-order valence-electron chi connectivity index (χ0n) is 15.0. The SMILES string of the molecule is Cc1ccc(NC(=O)CNc2cccc(S(=O)(=O)N3CCCC3)c2)cc1Cl. The van der Waals surface area contributed by atoms with Gasteiger partial charge in [0, 0.05) is 29.5 Å². The van der Waals surface area contributed by atoms with Crippen LogP contribution in [0.5, 0.6) is 0 Å². The Morgan fingerprint density at radius 2 is 1.85 bits per heavy atom. The minimum atomic E-state index is -3.48. The van der Waals surface area contributed by atoms with Gasteiger partial charge in [-0.1, -0.05) is 23.7 Å². The molecule has 8 heteroatoms. The van der Waals surface area contributed by atoms with Crippen LogP contribution in [0.2, 0.25) is 5.02 Å². The molecule has 0 saturated carbocycles. The van der Waals surface area contributed by atoms with Gasteiger partial charge in [-0.05, 0) is 55.7 Å². The lowest BCUT2D eigenvalue weighted by Crippen LogP contribution is -2.28. The number of hydrogen-bond donors (Lipinski definition) is 2. The number of rotatable bonds is 6. The van der Waals surface area contributed by atoms with Gasteiger partial charge in [0.25, 0.3) is 0 Å². The smallest absolute Gasteiger partial charge is 0.243 e. The highest BCUT2D eigenvalue weighted by Crippen LogP contribution is 2.23. The summed E-state index contributed by atoms with van der Waals surface area (Å²) < 4.78 is 26.8. The van der Waals surface area contributed by atoms with Crippen LogP contribution in [0.15, 0.2) is 47.4 Å². The number of benzene rings is 2. The minimum Gasteiger partial charge on any atom is -0.376 e. The highest BCUT2D eigenvalue weighted by molar-refractivity contribution is 7.89. The van der Waals surface area contributed by atoms with Gasteiger partial charge < -0.3 is 10.6 Å². The van der Waals surface area contributed by atoms with E-state index in [-0.39, 0.29) is 17.3 Å². The Kier molecular flexibility index (Phi) is 6.04. The summed E-state index contributed by atoms with van der Waals surface area (Å²) in [6.45, 7) is 3.01. The van der Waals surface area contributed by atoms with Crippen molar-refractivity contribution in [3.05, 3.63) is 53.1 Å². The summed E-state index contributed by atoms with van der Waals surface area (Å²) >= 11 is 6.06. The molecule has 0 atom stereocenters. The van der Waals surface area contributed by atoms with E-state index in [2.05, 4.69) is 10.6 Å². The van der Waals surface area contributed by atoms with Crippen LogP contribution in [0.4, 0.5) is 11.4 Å². The van der Waals surface area contributed by atoms with E-state index < -0.39 is 10.0 Å². The number of anilines is 2. The third kappa shape index (κ3) is 4.80. The van der Waals surface area contributed by atoms with Gasteiger partial charge in [0.2, 0.25) is 15.9 Å². The summed E-state index contributed by atoms with van der Waals surface area (Å²) in [4.78, 5) is 12.4. The maximum atomic E-state index is 12.6. The average Bonchev–Trinajstić information content (AvgIpc) is 3.19. The molecule has 1 aliphatic heterocycles. The summed E-state index contributed by atoms with van der Waals surface area (Å²) in [5, 5.41) is 6.31. The van der Waals surface area contributed by atoms with Crippen LogP contribution < -0.4 is 10.6 Å². The molecule has 1 fully saturated rings. The van der Waals surface area contributed by atoms with E-state index in [0.29, 0.717) is 29.5 Å². The standard InChI is InChI=1S/C19H22ClN3O3S/c1-14-7-8-16(12-18(14)20)22-19(24)13-21-15-5-4-6-17(11-15)27(25,26)23-9-2-3-10-23/h4-8,11-12,21H,2-3,9-10,13H2,1H3,(H,22,24). The van der Waals surface area contributed by atoms with Crippen LogP contribution in [0, 0.1) is 6.92 Å². The molecule has 0 radical (unpaired) electrons. The van der Waals surface area contributed by atoms with E-state index in [1.165, 1.54) is 4.31 Å². The second-order valence-corrected chi connectivity index (χ2v) is 8.85. The molecule has 2 N–H and O–H groups in total. The van der Waals surface area contributed by atoms with Gasteiger partial charge in [0.05, 0.1) is 11.4 Å². The van der Waals surface area contributed by atoms with Crippen molar-refractivity contribution in [2.75, 3.05) is 30.3 Å². The summed E-state index contributed by atoms with van der Waals surface area (Å²) in [6, 6.07) is 11.8. The highest BCUT2D eigenvalue weighted by atomic mass is 35.5. The largest absolute Gasteiger partial charge is 0.376 e. The Morgan fingerprint density at radius 3 is 2.56 bits per heavy atom. The second kappa shape index (κ2) is 8.29. The molecule has 1 amide bonds. The van der Waals surface area contributed by atoms with Crippen LogP contribution in [0.25, 0.3) is 0 Å². The van der Waals surface area contributed by atoms with Crippen LogP contribution >= 0.6 is 11.6 Å². The number of hydrogen-bond acceptors (Lipinski definition) is 4. The van der Waals surface area contributed by atoms with Gasteiger partial charge in [-0.15, -0.1) is 0 Å².